The van der Waals surface area contributed by atoms with Crippen LogP contribution < -0.4 is 0 Å². The molecule has 8 heteroatoms. The zero-order valence-electron chi connectivity index (χ0n) is 41.1. The number of hydrogen-bond acceptors (Lipinski definition) is 4. The summed E-state index contributed by atoms with van der Waals surface area (Å²) in [4.78, 5) is 11.3. The van der Waals surface area contributed by atoms with Crippen LogP contribution in [-0.4, -0.2) is 54.3 Å². The van der Waals surface area contributed by atoms with Crippen molar-refractivity contribution in [2.24, 2.45) is 11.8 Å². The van der Waals surface area contributed by atoms with Gasteiger partial charge in [-0.05, 0) is 119 Å². The summed E-state index contributed by atoms with van der Waals surface area (Å²) >= 11 is 0. The first-order valence-electron chi connectivity index (χ1n) is 24.0. The van der Waals surface area contributed by atoms with Crippen LogP contribution in [0.2, 0.25) is 49.9 Å². The van der Waals surface area contributed by atoms with Crippen LogP contribution in [0, 0.1) is 11.8 Å². The minimum absolute atomic E-state index is 0.134. The van der Waals surface area contributed by atoms with E-state index in [4.69, 9.17) is 13.3 Å². The molecule has 1 saturated carbocycles. The molecule has 0 aromatic heterocycles. The van der Waals surface area contributed by atoms with Gasteiger partial charge in [0, 0.05) is 12.5 Å². The molecule has 0 spiro atoms. The second-order valence-corrected chi connectivity index (χ2v) is 37.4. The molecule has 1 aliphatic carbocycles. The molecular weight excluding hydrogens is 765 g/mol. The van der Waals surface area contributed by atoms with Gasteiger partial charge in [-0.3, -0.25) is 4.79 Å². The fraction of sp³-hybridized carbons (Fsp3) is 0.820. The molecule has 1 aromatic rings. The minimum atomic E-state index is -2.22. The van der Waals surface area contributed by atoms with Gasteiger partial charge in [-0.15, -0.1) is 0 Å². The number of unbranched alkanes of at least 4 members (excludes halogenated alkanes) is 1. The minimum Gasteiger partial charge on any atom is -0.481 e. The SMILES string of the molecule is CC(C)[Si](O[C@@H](CCc1ccccc1)CC[C@@H]1[C@@H](C/C=C\CCCC(=O)O)[C@H](O[Si](C(C)C)(C(C)C)C(C)C)C[C@H]1O[Si](C(C)C)(C(C)C)C(C)C)(C(C)C)C(C)C. The van der Waals surface area contributed by atoms with Gasteiger partial charge in [0.15, 0.2) is 0 Å². The van der Waals surface area contributed by atoms with Gasteiger partial charge in [0.05, 0.1) is 12.2 Å². The molecule has 0 aliphatic heterocycles. The van der Waals surface area contributed by atoms with Crippen molar-refractivity contribution >= 4 is 30.9 Å². The van der Waals surface area contributed by atoms with Crippen LogP contribution in [0.3, 0.4) is 0 Å². The number of allylic oxidation sites excluding steroid dienone is 2. The monoisotopic (exact) mass is 859 g/mol. The van der Waals surface area contributed by atoms with Crippen LogP contribution >= 0.6 is 0 Å². The van der Waals surface area contributed by atoms with Crippen molar-refractivity contribution in [3.8, 4) is 0 Å². The van der Waals surface area contributed by atoms with E-state index in [1.807, 2.05) is 0 Å². The number of carboxylic acids is 1. The van der Waals surface area contributed by atoms with Gasteiger partial charge in [0.2, 0.25) is 25.0 Å². The number of rotatable bonds is 27. The maximum absolute atomic E-state index is 11.3. The molecule has 0 radical (unpaired) electrons. The predicted octanol–water partition coefficient (Wildman–Crippen LogP) is 15.9. The lowest BCUT2D eigenvalue weighted by atomic mass is 9.85. The molecule has 5 atom stereocenters. The van der Waals surface area contributed by atoms with E-state index < -0.39 is 30.9 Å². The Balaban J connectivity index is 2.79. The third kappa shape index (κ3) is 13.0. The highest BCUT2D eigenvalue weighted by molar-refractivity contribution is 6.78. The van der Waals surface area contributed by atoms with Crippen LogP contribution in [0.15, 0.2) is 42.5 Å². The van der Waals surface area contributed by atoms with Gasteiger partial charge in [-0.25, -0.2) is 0 Å². The van der Waals surface area contributed by atoms with E-state index in [0.29, 0.717) is 68.1 Å². The molecule has 0 heterocycles. The maximum Gasteiger partial charge on any atom is 0.303 e. The van der Waals surface area contributed by atoms with Crippen molar-refractivity contribution in [3.63, 3.8) is 0 Å². The van der Waals surface area contributed by atoms with Crippen molar-refractivity contribution in [2.45, 2.75) is 251 Å². The molecule has 5 nitrogen and oxygen atoms in total. The molecule has 2 rings (SSSR count). The number of carboxylic acid groups (broad SMARTS) is 1. The van der Waals surface area contributed by atoms with E-state index in [-0.39, 0.29) is 24.7 Å². The van der Waals surface area contributed by atoms with Crippen LogP contribution in [0.1, 0.15) is 182 Å². The van der Waals surface area contributed by atoms with Crippen LogP contribution in [-0.2, 0) is 24.5 Å². The average molecular weight is 860 g/mol. The summed E-state index contributed by atoms with van der Waals surface area (Å²) in [5, 5.41) is 9.31. The Morgan fingerprint density at radius 3 is 1.47 bits per heavy atom. The maximum atomic E-state index is 11.3. The molecule has 1 aromatic carbocycles. The van der Waals surface area contributed by atoms with Crippen molar-refractivity contribution in [3.05, 3.63) is 48.0 Å². The quantitative estimate of drug-likeness (QED) is 0.0542. The Bertz CT molecular complexity index is 1270. The van der Waals surface area contributed by atoms with Crippen molar-refractivity contribution in [1.29, 1.82) is 0 Å². The van der Waals surface area contributed by atoms with E-state index in [1.54, 1.807) is 0 Å². The van der Waals surface area contributed by atoms with Crippen LogP contribution in [0.25, 0.3) is 0 Å². The number of carbonyl (C=O) groups is 1. The largest absolute Gasteiger partial charge is 0.481 e. The Labute approximate surface area is 363 Å². The predicted molar refractivity (Wildman–Crippen MR) is 259 cm³/mol. The molecule has 0 bridgehead atoms. The van der Waals surface area contributed by atoms with E-state index in [1.165, 1.54) is 5.56 Å². The van der Waals surface area contributed by atoms with Crippen LogP contribution in [0.4, 0.5) is 0 Å². The van der Waals surface area contributed by atoms with Gasteiger partial charge in [0.1, 0.15) is 0 Å². The Morgan fingerprint density at radius 1 is 0.621 bits per heavy atom. The van der Waals surface area contributed by atoms with E-state index in [2.05, 4.69) is 167 Å². The van der Waals surface area contributed by atoms with E-state index >= 15 is 0 Å². The van der Waals surface area contributed by atoms with Gasteiger partial charge in [-0.1, -0.05) is 167 Å². The summed E-state index contributed by atoms with van der Waals surface area (Å²) in [5.74, 6) is -0.0307. The zero-order chi connectivity index (χ0) is 44.2. The molecular formula is C50H94O5Si3. The molecule has 0 saturated heterocycles. The fourth-order valence-electron chi connectivity index (χ4n) is 12.5. The first-order valence-corrected chi connectivity index (χ1v) is 30.4. The molecule has 1 fully saturated rings. The standard InChI is InChI=1S/C50H94O5Si3/c1-35(2)56(36(3)4,37(5)6)53-45(31-30-44-26-22-21-23-27-44)32-33-47-46(28-24-19-20-25-29-50(51)52)48(54-57(38(7)8,39(9)10)40(11)12)34-49(47)55-58(41(13)14,42(15)16)43(17)18/h19,21-24,26-27,35-43,45-49H,20,25,28-34H2,1-18H3,(H,51,52)/b24-19-/t45-,46+,47+,48+,49+/m0/s1. The van der Waals surface area contributed by atoms with Crippen molar-refractivity contribution < 1.29 is 23.2 Å². The number of hydrogen-bond donors (Lipinski definition) is 1. The second kappa shape index (κ2) is 24.0. The number of aliphatic carboxylic acids is 1. The van der Waals surface area contributed by atoms with Gasteiger partial charge < -0.3 is 18.4 Å². The average Bonchev–Trinajstić information content (AvgIpc) is 3.43. The summed E-state index contributed by atoms with van der Waals surface area (Å²) < 4.78 is 23.6. The molecule has 0 unspecified atom stereocenters. The van der Waals surface area contributed by atoms with Gasteiger partial charge in [0.25, 0.3) is 0 Å². The van der Waals surface area contributed by atoms with Crippen LogP contribution in [0.5, 0.6) is 0 Å². The highest BCUT2D eigenvalue weighted by Gasteiger charge is 2.55. The Hall–Kier alpha value is -1.04. The highest BCUT2D eigenvalue weighted by atomic mass is 28.4. The second-order valence-electron chi connectivity index (χ2n) is 21.2. The summed E-state index contributed by atoms with van der Waals surface area (Å²) in [5.41, 5.74) is 6.02. The van der Waals surface area contributed by atoms with E-state index in [9.17, 15) is 9.90 Å². The Morgan fingerprint density at radius 2 is 1.05 bits per heavy atom. The Kier molecular flexibility index (Phi) is 22.0. The third-order valence-corrected chi connectivity index (χ3v) is 33.3. The summed E-state index contributed by atoms with van der Waals surface area (Å²) in [6, 6.07) is 11.0. The zero-order valence-corrected chi connectivity index (χ0v) is 44.1. The summed E-state index contributed by atoms with van der Waals surface area (Å²) in [6.07, 6.45) is 12.8. The van der Waals surface area contributed by atoms with Gasteiger partial charge >= 0.3 is 5.97 Å². The lowest BCUT2D eigenvalue weighted by Gasteiger charge is -2.46. The highest BCUT2D eigenvalue weighted by Crippen LogP contribution is 2.53. The van der Waals surface area contributed by atoms with Crippen molar-refractivity contribution in [1.82, 2.24) is 0 Å². The summed E-state index contributed by atoms with van der Waals surface area (Å²) in [6.45, 7) is 43.6. The third-order valence-electron chi connectivity index (χ3n) is 14.9. The smallest absolute Gasteiger partial charge is 0.303 e. The normalized spacial score (nSPS) is 20.6. The molecule has 0 amide bonds. The van der Waals surface area contributed by atoms with E-state index in [0.717, 1.165) is 44.9 Å². The van der Waals surface area contributed by atoms with Gasteiger partial charge in [-0.2, -0.15) is 0 Å². The lowest BCUT2D eigenvalue weighted by molar-refractivity contribution is -0.137. The first-order chi connectivity index (χ1) is 27.0. The molecule has 336 valence electrons. The summed E-state index contributed by atoms with van der Waals surface area (Å²) in [7, 11) is -6.57. The molecule has 1 aliphatic rings. The molecule has 1 N–H and O–H groups in total. The first kappa shape index (κ1) is 53.1. The van der Waals surface area contributed by atoms with Crippen molar-refractivity contribution in [2.75, 3.05) is 0 Å². The fourth-order valence-corrected chi connectivity index (χ4v) is 29.4. The lowest BCUT2D eigenvalue weighted by Crippen LogP contribution is -2.51. The topological polar surface area (TPSA) is 65.0 Å². The number of benzene rings is 1. The number of aryl methyl sites for hydroxylation is 1. The molecule has 58 heavy (non-hydrogen) atoms.